The Bertz CT molecular complexity index is 1680. The van der Waals surface area contributed by atoms with Gasteiger partial charge in [-0.1, -0.05) is 0 Å². The van der Waals surface area contributed by atoms with E-state index < -0.39 is 104 Å². The molecule has 0 aromatic heterocycles. The maximum Gasteiger partial charge on any atom is 0.175 e. The maximum absolute atomic E-state index is 14.5. The third-order valence-corrected chi connectivity index (χ3v) is 10.4. The van der Waals surface area contributed by atoms with Gasteiger partial charge in [0.1, 0.15) is 23.0 Å². The molecular weight excluding hydrogens is 520 g/mol. The van der Waals surface area contributed by atoms with Crippen LogP contribution in [0, 0.1) is 48.3 Å². The summed E-state index contributed by atoms with van der Waals surface area (Å²) in [7, 11) is 0. The van der Waals surface area contributed by atoms with E-state index in [4.69, 9.17) is 0 Å². The van der Waals surface area contributed by atoms with Crippen LogP contribution >= 0.6 is 0 Å². The lowest BCUT2D eigenvalue weighted by atomic mass is 9.46. The molecule has 0 heterocycles. The highest BCUT2D eigenvalue weighted by Crippen LogP contribution is 2.80. The summed E-state index contributed by atoms with van der Waals surface area (Å²) in [6.07, 6.45) is -3.37. The first-order valence-corrected chi connectivity index (χ1v) is 12.9. The van der Waals surface area contributed by atoms with Crippen molar-refractivity contribution in [3.63, 3.8) is 0 Å². The first kappa shape index (κ1) is 23.6. The molecule has 202 valence electrons. The molecule has 8 atom stereocenters. The Balaban J connectivity index is 1.55. The van der Waals surface area contributed by atoms with Gasteiger partial charge in [-0.3, -0.25) is 19.2 Å². The summed E-state index contributed by atoms with van der Waals surface area (Å²) >= 11 is 0. The molecule has 10 nitrogen and oxygen atoms in total. The van der Waals surface area contributed by atoms with Gasteiger partial charge in [-0.15, -0.1) is 0 Å². The average Bonchev–Trinajstić information content (AvgIpc) is 3.22. The van der Waals surface area contributed by atoms with Crippen LogP contribution in [0.25, 0.3) is 11.5 Å². The number of aromatic hydroxyl groups is 2. The van der Waals surface area contributed by atoms with E-state index in [1.54, 1.807) is 13.8 Å². The fraction of sp³-hybridized carbons (Fsp3) is 0.333. The van der Waals surface area contributed by atoms with E-state index in [0.29, 0.717) is 11.1 Å². The van der Waals surface area contributed by atoms with Gasteiger partial charge in [0, 0.05) is 23.0 Å². The molecule has 0 radical (unpaired) electrons. The highest BCUT2D eigenvalue weighted by Gasteiger charge is 2.89. The number of phenols is 2. The molecule has 0 saturated heterocycles. The van der Waals surface area contributed by atoms with Gasteiger partial charge in [-0.05, 0) is 49.2 Å². The summed E-state index contributed by atoms with van der Waals surface area (Å²) in [5.74, 6) is -12.2. The molecule has 0 unspecified atom stereocenters. The number of aliphatic hydroxyl groups excluding tert-OH is 4. The zero-order chi connectivity index (χ0) is 28.5. The monoisotopic (exact) mass is 542 g/mol. The number of aliphatic hydroxyl groups is 4. The minimum absolute atomic E-state index is 0.185. The largest absolute Gasteiger partial charge is 0.507 e. The molecule has 0 amide bonds. The van der Waals surface area contributed by atoms with Crippen molar-refractivity contribution in [3.05, 3.63) is 68.8 Å². The van der Waals surface area contributed by atoms with Crippen molar-refractivity contribution in [3.8, 4) is 11.5 Å². The van der Waals surface area contributed by atoms with Crippen molar-refractivity contribution in [2.24, 2.45) is 34.5 Å². The second kappa shape index (κ2) is 6.54. The van der Waals surface area contributed by atoms with Crippen LogP contribution in [0.5, 0.6) is 11.5 Å². The van der Waals surface area contributed by atoms with E-state index in [-0.39, 0.29) is 22.3 Å². The van der Waals surface area contributed by atoms with Crippen LogP contribution in [-0.4, -0.2) is 66.0 Å². The number of carbonyl (C=O) groups is 4. The molecule has 2 spiro atoms. The number of rotatable bonds is 0. The number of aryl methyl sites for hydroxylation is 2. The Morgan fingerprint density at radius 2 is 0.950 bits per heavy atom. The van der Waals surface area contributed by atoms with Gasteiger partial charge in [0.25, 0.3) is 0 Å². The van der Waals surface area contributed by atoms with Gasteiger partial charge in [-0.25, -0.2) is 0 Å². The third-order valence-electron chi connectivity index (χ3n) is 10.4. The molecule has 4 bridgehead atoms. The molecule has 6 aliphatic rings. The number of ketones is 4. The van der Waals surface area contributed by atoms with E-state index in [2.05, 4.69) is 0 Å². The van der Waals surface area contributed by atoms with Crippen LogP contribution < -0.4 is 0 Å². The van der Waals surface area contributed by atoms with Gasteiger partial charge < -0.3 is 30.6 Å². The Morgan fingerprint density at radius 1 is 0.600 bits per heavy atom. The summed E-state index contributed by atoms with van der Waals surface area (Å²) in [5.41, 5.74) is -5.58. The quantitative estimate of drug-likeness (QED) is 0.286. The van der Waals surface area contributed by atoms with Gasteiger partial charge in [0.2, 0.25) is 0 Å². The number of hydrogen-bond acceptors (Lipinski definition) is 10. The minimum Gasteiger partial charge on any atom is -0.507 e. The van der Waals surface area contributed by atoms with Crippen molar-refractivity contribution in [2.45, 2.75) is 26.1 Å². The predicted molar refractivity (Wildman–Crippen MR) is 134 cm³/mol. The smallest absolute Gasteiger partial charge is 0.175 e. The molecule has 40 heavy (non-hydrogen) atoms. The topological polar surface area (TPSA) is 190 Å². The van der Waals surface area contributed by atoms with E-state index >= 15 is 0 Å². The fourth-order valence-electron chi connectivity index (χ4n) is 9.51. The van der Waals surface area contributed by atoms with Crippen molar-refractivity contribution < 1.29 is 49.8 Å². The lowest BCUT2D eigenvalue weighted by Crippen LogP contribution is -2.65. The minimum atomic E-state index is -2.25. The molecular formula is C30H22O10. The maximum atomic E-state index is 14.5. The Hall–Kier alpha value is -4.28. The van der Waals surface area contributed by atoms with Crippen molar-refractivity contribution in [2.75, 3.05) is 0 Å². The summed E-state index contributed by atoms with van der Waals surface area (Å²) in [4.78, 5) is 57.9. The first-order valence-electron chi connectivity index (χ1n) is 12.9. The van der Waals surface area contributed by atoms with Crippen LogP contribution in [0.3, 0.4) is 0 Å². The first-order chi connectivity index (χ1) is 18.8. The number of hydrogen-bond donors (Lipinski definition) is 6. The highest BCUT2D eigenvalue weighted by atomic mass is 16.3. The number of phenolic OH excluding ortho intramolecular Hbond substituents is 2. The summed E-state index contributed by atoms with van der Waals surface area (Å²) < 4.78 is 0. The summed E-state index contributed by atoms with van der Waals surface area (Å²) in [5, 5.41) is 67.8. The molecule has 4 saturated carbocycles. The zero-order valence-corrected chi connectivity index (χ0v) is 21.1. The summed E-state index contributed by atoms with van der Waals surface area (Å²) in [6.45, 7) is 3.19. The third kappa shape index (κ3) is 1.96. The Morgan fingerprint density at radius 3 is 1.30 bits per heavy atom. The van der Waals surface area contributed by atoms with E-state index in [0.717, 1.165) is 0 Å². The zero-order valence-electron chi connectivity index (χ0n) is 21.1. The lowest BCUT2D eigenvalue weighted by Gasteiger charge is -2.53. The van der Waals surface area contributed by atoms with Crippen LogP contribution in [0.1, 0.15) is 43.0 Å². The number of carbonyl (C=O) groups excluding carboxylic acids is 4. The SMILES string of the molecule is Cc1cc(O)c2c(c1)C(=O)[C@]13C(=C2O)C(=O)[C@H]2[C@@H](O)[C@H]1[C@@H]1[C@@H](O)[C@@H]3C(=O)C3=C(O)c4c(O)cc(C)cc4C(=O)[C@]312. The van der Waals surface area contributed by atoms with Gasteiger partial charge >= 0.3 is 0 Å². The number of fused-ring (bicyclic) bond motifs is 4. The van der Waals surface area contributed by atoms with Crippen LogP contribution in [0.2, 0.25) is 0 Å². The van der Waals surface area contributed by atoms with Crippen molar-refractivity contribution >= 4 is 34.7 Å². The van der Waals surface area contributed by atoms with E-state index in [9.17, 15) is 49.8 Å². The second-order valence-electron chi connectivity index (χ2n) is 12.0. The standard InChI is InChI=1S/C30H22O10/c1-7-3-9-13(11(31)5-7)21(33)17-25(37)20-23(35)15-16-24(36)19(29(15,17)27(9)39)26(38)18-22(34)14-10(28(40)30(16,18)20)4-8(2)6-12(14)32/h3-6,15-16,19-20,23-24,31-36H,1-2H3/t15-,16-,19-,20-,23-,24+,29+,30+/m1/s1. The van der Waals surface area contributed by atoms with E-state index in [1.165, 1.54) is 24.3 Å². The highest BCUT2D eigenvalue weighted by molar-refractivity contribution is 6.30. The molecule has 8 rings (SSSR count). The second-order valence-corrected chi connectivity index (χ2v) is 12.0. The molecule has 10 heteroatoms. The van der Waals surface area contributed by atoms with Crippen LogP contribution in [-0.2, 0) is 9.59 Å². The molecule has 6 aliphatic carbocycles. The van der Waals surface area contributed by atoms with Gasteiger partial charge in [0.15, 0.2) is 23.1 Å². The van der Waals surface area contributed by atoms with Crippen molar-refractivity contribution in [1.82, 2.24) is 0 Å². The Labute approximate surface area is 225 Å². The number of allylic oxidation sites excluding steroid dienone is 2. The lowest BCUT2D eigenvalue weighted by molar-refractivity contribution is -0.142. The predicted octanol–water partition coefficient (Wildman–Crippen LogP) is 1.70. The number of benzene rings is 2. The number of Topliss-reactive ketones (excluding diaryl/α,β-unsaturated/α-hetero) is 4. The summed E-state index contributed by atoms with van der Waals surface area (Å²) in [6, 6.07) is 5.37. The van der Waals surface area contributed by atoms with Gasteiger partial charge in [-0.2, -0.15) is 0 Å². The molecule has 4 fully saturated rings. The van der Waals surface area contributed by atoms with Gasteiger partial charge in [0.05, 0.1) is 57.1 Å². The Kier molecular flexibility index (Phi) is 3.86. The van der Waals surface area contributed by atoms with Crippen molar-refractivity contribution in [1.29, 1.82) is 0 Å². The normalized spacial score (nSPS) is 38.1. The molecule has 2 aromatic rings. The molecule has 0 aliphatic heterocycles. The fourth-order valence-corrected chi connectivity index (χ4v) is 9.51. The molecule has 6 N–H and O–H groups in total. The molecule has 2 aromatic carbocycles. The van der Waals surface area contributed by atoms with Crippen LogP contribution in [0.4, 0.5) is 0 Å². The van der Waals surface area contributed by atoms with Crippen LogP contribution in [0.15, 0.2) is 35.4 Å². The average molecular weight is 542 g/mol. The van der Waals surface area contributed by atoms with E-state index in [1.807, 2.05) is 0 Å².